The number of aryl methyl sites for hydroxylation is 1. The van der Waals surface area contributed by atoms with Crippen LogP contribution >= 0.6 is 22.9 Å². The van der Waals surface area contributed by atoms with Crippen molar-refractivity contribution >= 4 is 28.6 Å². The molecule has 0 aliphatic rings. The second kappa shape index (κ2) is 3.75. The predicted octanol–water partition coefficient (Wildman–Crippen LogP) is 2.52. The first-order valence-corrected chi connectivity index (χ1v) is 6.21. The number of fused-ring (bicyclic) bond motifs is 1. The number of hydrogen-bond donors (Lipinski definition) is 0. The second-order valence-electron chi connectivity index (χ2n) is 3.67. The van der Waals surface area contributed by atoms with Gasteiger partial charge in [0.2, 0.25) is 0 Å². The molecule has 0 fully saturated rings. The summed E-state index contributed by atoms with van der Waals surface area (Å²) in [5.41, 5.74) is 4.41. The average molecular weight is 266 g/mol. The topological polar surface area (TPSA) is 56.0 Å². The van der Waals surface area contributed by atoms with Gasteiger partial charge in [-0.15, -0.1) is 21.5 Å². The zero-order chi connectivity index (χ0) is 12.0. The van der Waals surface area contributed by atoms with Crippen molar-refractivity contribution in [2.24, 2.45) is 0 Å². The summed E-state index contributed by atoms with van der Waals surface area (Å²) in [6.45, 7) is 3.88. The molecular weight excluding hydrogens is 258 g/mol. The predicted molar refractivity (Wildman–Crippen MR) is 66.4 cm³/mol. The highest BCUT2D eigenvalue weighted by atomic mass is 35.5. The normalized spacial score (nSPS) is 11.2. The molecule has 0 atom stereocenters. The van der Waals surface area contributed by atoms with Crippen LogP contribution in [0.3, 0.4) is 0 Å². The van der Waals surface area contributed by atoms with E-state index >= 15 is 0 Å². The van der Waals surface area contributed by atoms with Crippen molar-refractivity contribution < 1.29 is 0 Å². The Morgan fingerprint density at radius 3 is 2.76 bits per heavy atom. The van der Waals surface area contributed by atoms with Gasteiger partial charge >= 0.3 is 0 Å². The molecule has 7 heteroatoms. The highest BCUT2D eigenvalue weighted by Crippen LogP contribution is 2.25. The fourth-order valence-electron chi connectivity index (χ4n) is 1.57. The van der Waals surface area contributed by atoms with Crippen LogP contribution in [0.1, 0.15) is 11.1 Å². The van der Waals surface area contributed by atoms with Crippen LogP contribution in [-0.4, -0.2) is 24.8 Å². The van der Waals surface area contributed by atoms with Gasteiger partial charge in [0, 0.05) is 11.8 Å². The van der Waals surface area contributed by atoms with Gasteiger partial charge in [0.25, 0.3) is 0 Å². The highest BCUT2D eigenvalue weighted by molar-refractivity contribution is 7.13. The fourth-order valence-corrected chi connectivity index (χ4v) is 2.38. The zero-order valence-electron chi connectivity index (χ0n) is 9.18. The van der Waals surface area contributed by atoms with Crippen molar-refractivity contribution in [1.29, 1.82) is 0 Å². The van der Waals surface area contributed by atoms with Crippen molar-refractivity contribution in [2.75, 3.05) is 0 Å². The lowest BCUT2D eigenvalue weighted by atomic mass is 10.2. The Bertz CT molecular complexity index is 688. The molecule has 3 aromatic heterocycles. The standard InChI is InChI=1S/C10H8ClN5S/c1-5-6(2)9-13-14-10(7-3-12-4-17-7)16(9)15-8(5)11/h3-4H,1-2H3. The Morgan fingerprint density at radius 2 is 2.06 bits per heavy atom. The molecule has 0 bridgehead atoms. The lowest BCUT2D eigenvalue weighted by Gasteiger charge is -2.03. The largest absolute Gasteiger partial charge is 0.252 e. The van der Waals surface area contributed by atoms with Crippen molar-refractivity contribution in [3.63, 3.8) is 0 Å². The van der Waals surface area contributed by atoms with Crippen LogP contribution in [0.4, 0.5) is 0 Å². The summed E-state index contributed by atoms with van der Waals surface area (Å²) in [5.74, 6) is 0.674. The minimum absolute atomic E-state index is 0.473. The van der Waals surface area contributed by atoms with Gasteiger partial charge in [0.1, 0.15) is 0 Å². The molecule has 3 rings (SSSR count). The Labute approximate surface area is 106 Å². The number of thiazole rings is 1. The molecule has 0 saturated carbocycles. The smallest absolute Gasteiger partial charge is 0.197 e. The van der Waals surface area contributed by atoms with Crippen molar-refractivity contribution in [1.82, 2.24) is 24.8 Å². The maximum absolute atomic E-state index is 6.08. The number of hydrogen-bond acceptors (Lipinski definition) is 5. The van der Waals surface area contributed by atoms with E-state index in [1.807, 2.05) is 13.8 Å². The lowest BCUT2D eigenvalue weighted by molar-refractivity contribution is 0.921. The van der Waals surface area contributed by atoms with Crippen LogP contribution in [-0.2, 0) is 0 Å². The zero-order valence-corrected chi connectivity index (χ0v) is 10.7. The summed E-state index contributed by atoms with van der Waals surface area (Å²) in [6.07, 6.45) is 1.74. The summed E-state index contributed by atoms with van der Waals surface area (Å²) in [6, 6.07) is 0. The fraction of sp³-hybridized carbons (Fsp3) is 0.200. The van der Waals surface area contributed by atoms with E-state index in [1.165, 1.54) is 11.3 Å². The Balaban J connectivity index is 2.37. The Kier molecular flexibility index (Phi) is 2.34. The molecular formula is C10H8ClN5S. The average Bonchev–Trinajstić information content (AvgIpc) is 2.93. The first-order chi connectivity index (χ1) is 8.18. The molecule has 0 amide bonds. The minimum atomic E-state index is 0.473. The molecule has 5 nitrogen and oxygen atoms in total. The van der Waals surface area contributed by atoms with Crippen LogP contribution in [0.15, 0.2) is 11.7 Å². The summed E-state index contributed by atoms with van der Waals surface area (Å²) in [4.78, 5) is 4.94. The van der Waals surface area contributed by atoms with Crippen molar-refractivity contribution in [2.45, 2.75) is 13.8 Å². The number of halogens is 1. The number of aromatic nitrogens is 5. The van der Waals surface area contributed by atoms with Crippen LogP contribution in [0, 0.1) is 13.8 Å². The molecule has 0 radical (unpaired) electrons. The summed E-state index contributed by atoms with van der Waals surface area (Å²) in [7, 11) is 0. The monoisotopic (exact) mass is 265 g/mol. The molecule has 0 N–H and O–H groups in total. The van der Waals surface area contributed by atoms with Crippen LogP contribution in [0.2, 0.25) is 5.15 Å². The molecule has 0 unspecified atom stereocenters. The maximum Gasteiger partial charge on any atom is 0.197 e. The lowest BCUT2D eigenvalue weighted by Crippen LogP contribution is -1.99. The van der Waals surface area contributed by atoms with Gasteiger partial charge in [-0.3, -0.25) is 4.98 Å². The summed E-state index contributed by atoms with van der Waals surface area (Å²) >= 11 is 7.58. The van der Waals surface area contributed by atoms with Gasteiger partial charge < -0.3 is 0 Å². The van der Waals surface area contributed by atoms with E-state index in [0.29, 0.717) is 11.0 Å². The number of rotatable bonds is 1. The van der Waals surface area contributed by atoms with E-state index < -0.39 is 0 Å². The van der Waals surface area contributed by atoms with Gasteiger partial charge in [-0.25, -0.2) is 0 Å². The van der Waals surface area contributed by atoms with E-state index in [2.05, 4.69) is 20.3 Å². The third-order valence-corrected chi connectivity index (χ3v) is 3.82. The Morgan fingerprint density at radius 1 is 1.24 bits per heavy atom. The van der Waals surface area contributed by atoms with Crippen molar-refractivity contribution in [3.8, 4) is 10.7 Å². The Hall–Kier alpha value is -1.53. The van der Waals surface area contributed by atoms with E-state index in [-0.39, 0.29) is 0 Å². The van der Waals surface area contributed by atoms with Crippen LogP contribution < -0.4 is 0 Å². The maximum atomic E-state index is 6.08. The van der Waals surface area contributed by atoms with Crippen molar-refractivity contribution in [3.05, 3.63) is 28.0 Å². The van der Waals surface area contributed by atoms with Crippen LogP contribution in [0.25, 0.3) is 16.3 Å². The van der Waals surface area contributed by atoms with E-state index in [1.54, 1.807) is 16.2 Å². The van der Waals surface area contributed by atoms with Gasteiger partial charge in [0.05, 0.1) is 10.4 Å². The van der Waals surface area contributed by atoms with E-state index in [0.717, 1.165) is 21.7 Å². The van der Waals surface area contributed by atoms with Crippen LogP contribution in [0.5, 0.6) is 0 Å². The van der Waals surface area contributed by atoms with E-state index in [4.69, 9.17) is 11.6 Å². The third kappa shape index (κ3) is 1.52. The molecule has 0 aromatic carbocycles. The molecule has 0 aliphatic heterocycles. The quantitative estimate of drug-likeness (QED) is 0.678. The summed E-state index contributed by atoms with van der Waals surface area (Å²) < 4.78 is 1.66. The van der Waals surface area contributed by atoms with Gasteiger partial charge in [-0.2, -0.15) is 9.61 Å². The first-order valence-electron chi connectivity index (χ1n) is 4.95. The molecule has 3 heterocycles. The molecule has 86 valence electrons. The third-order valence-electron chi connectivity index (χ3n) is 2.69. The van der Waals surface area contributed by atoms with Gasteiger partial charge in [0.15, 0.2) is 16.6 Å². The summed E-state index contributed by atoms with van der Waals surface area (Å²) in [5, 5.41) is 13.1. The molecule has 0 aliphatic carbocycles. The molecule has 0 saturated heterocycles. The highest BCUT2D eigenvalue weighted by Gasteiger charge is 2.15. The van der Waals surface area contributed by atoms with E-state index in [9.17, 15) is 0 Å². The first kappa shape index (κ1) is 10.6. The van der Waals surface area contributed by atoms with Gasteiger partial charge in [-0.1, -0.05) is 11.6 Å². The SMILES string of the molecule is Cc1c(Cl)nn2c(-c3cncs3)nnc2c1C. The minimum Gasteiger partial charge on any atom is -0.252 e. The molecule has 17 heavy (non-hydrogen) atoms. The second-order valence-corrected chi connectivity index (χ2v) is 4.91. The molecule has 0 spiro atoms. The van der Waals surface area contributed by atoms with Gasteiger partial charge in [-0.05, 0) is 19.4 Å². The molecule has 3 aromatic rings. The number of nitrogens with zero attached hydrogens (tertiary/aromatic N) is 5.